The van der Waals surface area contributed by atoms with Crippen molar-refractivity contribution in [2.24, 2.45) is 5.92 Å². The molecule has 1 aliphatic rings. The first-order valence-electron chi connectivity index (χ1n) is 7.64. The van der Waals surface area contributed by atoms with Crippen LogP contribution < -0.4 is 4.90 Å². The van der Waals surface area contributed by atoms with Gasteiger partial charge in [-0.3, -0.25) is 9.59 Å². The highest BCUT2D eigenvalue weighted by molar-refractivity contribution is 6.30. The van der Waals surface area contributed by atoms with Crippen LogP contribution in [0.4, 0.5) is 14.5 Å². The molecule has 2 aromatic rings. The number of carboxylic acids is 1. The number of carbonyl (C=O) groups is 2. The molecular weight excluding hydrogens is 352 g/mol. The molecule has 1 aliphatic heterocycles. The van der Waals surface area contributed by atoms with Crippen LogP contribution >= 0.6 is 11.6 Å². The molecule has 0 saturated carbocycles. The van der Waals surface area contributed by atoms with Gasteiger partial charge in [0.1, 0.15) is 5.92 Å². The number of aliphatic carboxylic acids is 1. The van der Waals surface area contributed by atoms with Crippen LogP contribution in [0.5, 0.6) is 0 Å². The minimum absolute atomic E-state index is 0.0835. The fourth-order valence-corrected chi connectivity index (χ4v) is 3.40. The molecule has 1 heterocycles. The molecule has 0 aliphatic carbocycles. The molecule has 0 bridgehead atoms. The second-order valence-corrected chi connectivity index (χ2v) is 6.27. The lowest BCUT2D eigenvalue weighted by Gasteiger charge is -2.36. The third-order valence-corrected chi connectivity index (χ3v) is 4.60. The maximum Gasteiger partial charge on any atom is 0.316 e. The monoisotopic (exact) mass is 365 g/mol. The zero-order valence-electron chi connectivity index (χ0n) is 13.0. The molecule has 4 nitrogen and oxygen atoms in total. The van der Waals surface area contributed by atoms with Crippen molar-refractivity contribution in [3.05, 3.63) is 64.7 Å². The lowest BCUT2D eigenvalue weighted by Crippen LogP contribution is -2.48. The minimum atomic E-state index is -1.39. The number of rotatable bonds is 3. The second kappa shape index (κ2) is 6.80. The van der Waals surface area contributed by atoms with Gasteiger partial charge in [0.2, 0.25) is 5.91 Å². The maximum atomic E-state index is 14.0. The van der Waals surface area contributed by atoms with E-state index in [0.717, 1.165) is 11.0 Å². The molecule has 1 fully saturated rings. The first-order chi connectivity index (χ1) is 11.9. The number of amides is 1. The van der Waals surface area contributed by atoms with E-state index >= 15 is 0 Å². The summed E-state index contributed by atoms with van der Waals surface area (Å²) >= 11 is 5.96. The number of hydrogen-bond acceptors (Lipinski definition) is 2. The Kier molecular flexibility index (Phi) is 4.72. The van der Waals surface area contributed by atoms with Crippen LogP contribution in [0.25, 0.3) is 0 Å². The van der Waals surface area contributed by atoms with Crippen LogP contribution in [0.15, 0.2) is 42.5 Å². The summed E-state index contributed by atoms with van der Waals surface area (Å²) in [4.78, 5) is 25.4. The van der Waals surface area contributed by atoms with Gasteiger partial charge in [0.25, 0.3) is 0 Å². The summed E-state index contributed by atoms with van der Waals surface area (Å²) in [5.74, 6) is -6.31. The van der Waals surface area contributed by atoms with Crippen molar-refractivity contribution < 1.29 is 23.5 Å². The molecule has 0 aromatic heterocycles. The molecule has 0 spiro atoms. The largest absolute Gasteiger partial charge is 0.481 e. The van der Waals surface area contributed by atoms with Crippen molar-refractivity contribution in [1.82, 2.24) is 0 Å². The molecule has 7 heteroatoms. The number of piperidine rings is 1. The molecule has 2 aromatic carbocycles. The molecule has 1 N–H and O–H groups in total. The summed E-state index contributed by atoms with van der Waals surface area (Å²) in [5.41, 5.74) is 0.383. The fourth-order valence-electron chi connectivity index (χ4n) is 3.20. The Morgan fingerprint density at radius 2 is 1.92 bits per heavy atom. The summed E-state index contributed by atoms with van der Waals surface area (Å²) < 4.78 is 27.5. The highest BCUT2D eigenvalue weighted by Gasteiger charge is 2.43. The number of carboxylic acid groups (broad SMARTS) is 1. The molecule has 2 atom stereocenters. The van der Waals surface area contributed by atoms with Gasteiger partial charge in [0.05, 0.1) is 5.69 Å². The molecule has 1 amide bonds. The standard InChI is InChI=1S/C18H14ClF2NO3/c19-11-4-1-3-10(9-11)12-7-8-22(17(23)15(12)18(24)25)14-6-2-5-13(20)16(14)21/h1-6,9,12,15H,7-8H2,(H,24,25). The SMILES string of the molecule is O=C(O)C1C(=O)N(c2cccc(F)c2F)CCC1c1cccc(Cl)c1. The van der Waals surface area contributed by atoms with E-state index < -0.39 is 35.3 Å². The van der Waals surface area contributed by atoms with Crippen LogP contribution in [-0.4, -0.2) is 23.5 Å². The molecule has 0 radical (unpaired) electrons. The predicted molar refractivity (Wildman–Crippen MR) is 88.6 cm³/mol. The number of hydrogen-bond donors (Lipinski definition) is 1. The smallest absolute Gasteiger partial charge is 0.316 e. The van der Waals surface area contributed by atoms with E-state index in [2.05, 4.69) is 0 Å². The number of nitrogens with zero attached hydrogens (tertiary/aromatic N) is 1. The highest BCUT2D eigenvalue weighted by atomic mass is 35.5. The summed E-state index contributed by atoms with van der Waals surface area (Å²) in [6.07, 6.45) is 0.291. The van der Waals surface area contributed by atoms with Crippen LogP contribution in [0.2, 0.25) is 5.02 Å². The average Bonchev–Trinajstić information content (AvgIpc) is 2.57. The van der Waals surface area contributed by atoms with E-state index in [0.29, 0.717) is 17.0 Å². The number of benzene rings is 2. The maximum absolute atomic E-state index is 14.0. The number of carbonyl (C=O) groups excluding carboxylic acids is 1. The Morgan fingerprint density at radius 1 is 1.20 bits per heavy atom. The Hall–Kier alpha value is -2.47. The van der Waals surface area contributed by atoms with Gasteiger partial charge in [-0.05, 0) is 36.2 Å². The van der Waals surface area contributed by atoms with Crippen molar-refractivity contribution in [3.8, 4) is 0 Å². The third-order valence-electron chi connectivity index (χ3n) is 4.36. The molecule has 3 rings (SSSR count). The van der Waals surface area contributed by atoms with Crippen molar-refractivity contribution in [1.29, 1.82) is 0 Å². The Balaban J connectivity index is 1.98. The zero-order chi connectivity index (χ0) is 18.1. The lowest BCUT2D eigenvalue weighted by atomic mass is 9.79. The van der Waals surface area contributed by atoms with E-state index in [4.69, 9.17) is 11.6 Å². The van der Waals surface area contributed by atoms with Crippen molar-refractivity contribution in [2.45, 2.75) is 12.3 Å². The average molecular weight is 366 g/mol. The van der Waals surface area contributed by atoms with Crippen molar-refractivity contribution in [2.75, 3.05) is 11.4 Å². The fraction of sp³-hybridized carbons (Fsp3) is 0.222. The topological polar surface area (TPSA) is 57.6 Å². The summed E-state index contributed by atoms with van der Waals surface area (Å²) in [6, 6.07) is 10.1. The molecule has 2 unspecified atom stereocenters. The number of halogens is 3. The van der Waals surface area contributed by atoms with E-state index in [1.165, 1.54) is 12.1 Å². The molecule has 1 saturated heterocycles. The van der Waals surface area contributed by atoms with Crippen LogP contribution in [0, 0.1) is 17.6 Å². The Morgan fingerprint density at radius 3 is 2.60 bits per heavy atom. The summed E-state index contributed by atoms with van der Waals surface area (Å²) in [6.45, 7) is 0.0835. The minimum Gasteiger partial charge on any atom is -0.481 e. The lowest BCUT2D eigenvalue weighted by molar-refractivity contribution is -0.148. The number of anilines is 1. The summed E-state index contributed by atoms with van der Waals surface area (Å²) in [7, 11) is 0. The van der Waals surface area contributed by atoms with Gasteiger partial charge in [0, 0.05) is 17.5 Å². The normalized spacial score (nSPS) is 20.6. The van der Waals surface area contributed by atoms with Gasteiger partial charge in [-0.1, -0.05) is 29.8 Å². The van der Waals surface area contributed by atoms with Gasteiger partial charge in [0.15, 0.2) is 11.6 Å². The zero-order valence-corrected chi connectivity index (χ0v) is 13.7. The highest BCUT2D eigenvalue weighted by Crippen LogP contribution is 2.37. The van der Waals surface area contributed by atoms with Gasteiger partial charge in [-0.25, -0.2) is 8.78 Å². The van der Waals surface area contributed by atoms with Gasteiger partial charge in [-0.15, -0.1) is 0 Å². The van der Waals surface area contributed by atoms with E-state index in [-0.39, 0.29) is 12.2 Å². The molecule has 130 valence electrons. The molecular formula is C18H14ClF2NO3. The first kappa shape index (κ1) is 17.4. The van der Waals surface area contributed by atoms with Crippen molar-refractivity contribution in [3.63, 3.8) is 0 Å². The van der Waals surface area contributed by atoms with Crippen LogP contribution in [0.1, 0.15) is 17.9 Å². The van der Waals surface area contributed by atoms with E-state index in [1.54, 1.807) is 24.3 Å². The summed E-state index contributed by atoms with van der Waals surface area (Å²) in [5, 5.41) is 9.99. The second-order valence-electron chi connectivity index (χ2n) is 5.83. The Labute approximate surface area is 147 Å². The van der Waals surface area contributed by atoms with Gasteiger partial charge < -0.3 is 10.0 Å². The first-order valence-corrected chi connectivity index (χ1v) is 8.01. The third kappa shape index (κ3) is 3.22. The van der Waals surface area contributed by atoms with Gasteiger partial charge >= 0.3 is 5.97 Å². The van der Waals surface area contributed by atoms with E-state index in [9.17, 15) is 23.5 Å². The quantitative estimate of drug-likeness (QED) is 0.841. The Bertz CT molecular complexity index is 843. The van der Waals surface area contributed by atoms with E-state index in [1.807, 2.05) is 0 Å². The molecule has 25 heavy (non-hydrogen) atoms. The van der Waals surface area contributed by atoms with Crippen LogP contribution in [0.3, 0.4) is 0 Å². The van der Waals surface area contributed by atoms with Crippen LogP contribution in [-0.2, 0) is 9.59 Å². The predicted octanol–water partition coefficient (Wildman–Crippen LogP) is 3.84. The van der Waals surface area contributed by atoms with Gasteiger partial charge in [-0.2, -0.15) is 0 Å². The van der Waals surface area contributed by atoms with Crippen molar-refractivity contribution >= 4 is 29.2 Å².